The Labute approximate surface area is 175 Å². The molecule has 1 aliphatic heterocycles. The molecule has 154 valence electrons. The van der Waals surface area contributed by atoms with Crippen LogP contribution in [0.5, 0.6) is 0 Å². The minimum absolute atomic E-state index is 0.0338. The van der Waals surface area contributed by atoms with E-state index in [9.17, 15) is 9.59 Å². The first kappa shape index (κ1) is 19.7. The van der Waals surface area contributed by atoms with Gasteiger partial charge in [0.05, 0.1) is 30.0 Å². The summed E-state index contributed by atoms with van der Waals surface area (Å²) in [4.78, 5) is 34.8. The number of carbonyl (C=O) groups is 2. The molecule has 30 heavy (non-hydrogen) atoms. The Morgan fingerprint density at radius 2 is 1.77 bits per heavy atom. The predicted molar refractivity (Wildman–Crippen MR) is 117 cm³/mol. The van der Waals surface area contributed by atoms with Crippen molar-refractivity contribution in [3.63, 3.8) is 0 Å². The maximum absolute atomic E-state index is 13.1. The number of nitrogens with zero attached hydrogens (tertiary/aromatic N) is 2. The van der Waals surface area contributed by atoms with Crippen molar-refractivity contribution in [2.45, 2.75) is 32.9 Å². The fourth-order valence-corrected chi connectivity index (χ4v) is 3.55. The van der Waals surface area contributed by atoms with E-state index in [2.05, 4.69) is 20.6 Å². The number of rotatable bonds is 3. The fourth-order valence-electron chi connectivity index (χ4n) is 3.55. The van der Waals surface area contributed by atoms with E-state index in [1.807, 2.05) is 63.2 Å². The molecule has 1 aromatic carbocycles. The van der Waals surface area contributed by atoms with E-state index in [1.54, 1.807) is 12.4 Å². The number of aromatic amines is 1. The normalized spacial score (nSPS) is 13.7. The third-order valence-electron chi connectivity index (χ3n) is 4.82. The molecule has 0 saturated heterocycles. The van der Waals surface area contributed by atoms with Gasteiger partial charge in [-0.25, -0.2) is 4.79 Å². The third kappa shape index (κ3) is 4.05. The second-order valence-corrected chi connectivity index (χ2v) is 8.41. The number of H-pyrrole nitrogens is 1. The van der Waals surface area contributed by atoms with Gasteiger partial charge < -0.3 is 20.5 Å². The summed E-state index contributed by atoms with van der Waals surface area (Å²) in [5, 5.41) is 6.33. The van der Waals surface area contributed by atoms with Crippen LogP contribution in [0.25, 0.3) is 11.3 Å². The third-order valence-corrected chi connectivity index (χ3v) is 4.82. The van der Waals surface area contributed by atoms with Crippen LogP contribution in [0.4, 0.5) is 16.2 Å². The van der Waals surface area contributed by atoms with Crippen LogP contribution in [0.1, 0.15) is 36.8 Å². The molecule has 0 unspecified atom stereocenters. The Morgan fingerprint density at radius 3 is 2.43 bits per heavy atom. The lowest BCUT2D eigenvalue weighted by Crippen LogP contribution is -2.51. The van der Waals surface area contributed by atoms with Gasteiger partial charge in [0.25, 0.3) is 0 Å². The van der Waals surface area contributed by atoms with Crippen LogP contribution in [-0.4, -0.2) is 38.8 Å². The number of Topliss-reactive ketones (excluding diaryl/α,β-unsaturated/α-hetero) is 1. The van der Waals surface area contributed by atoms with E-state index in [4.69, 9.17) is 0 Å². The standard InChI is InChI=1S/C23H25N5O2/c1-23(2,3)27-22(30)28-13-17-19(18(29)14-28)21(25-16-7-5-4-6-8-16)20(26-17)15-9-11-24-12-10-15/h4-12,25-26H,13-14H2,1-3H3,(H,27,30). The van der Waals surface area contributed by atoms with E-state index in [1.165, 1.54) is 4.90 Å². The predicted octanol–water partition coefficient (Wildman–Crippen LogP) is 4.33. The highest BCUT2D eigenvalue weighted by atomic mass is 16.2. The molecule has 0 radical (unpaired) electrons. The lowest BCUT2D eigenvalue weighted by Gasteiger charge is -2.30. The highest BCUT2D eigenvalue weighted by Crippen LogP contribution is 2.37. The number of nitrogens with one attached hydrogen (secondary N) is 3. The molecule has 2 aromatic heterocycles. The monoisotopic (exact) mass is 403 g/mol. The number of hydrogen-bond acceptors (Lipinski definition) is 4. The molecule has 1 aliphatic rings. The van der Waals surface area contributed by atoms with Crippen molar-refractivity contribution in [1.82, 2.24) is 20.2 Å². The van der Waals surface area contributed by atoms with Crippen molar-refractivity contribution in [2.24, 2.45) is 0 Å². The van der Waals surface area contributed by atoms with Crippen molar-refractivity contribution >= 4 is 23.2 Å². The number of hydrogen-bond donors (Lipinski definition) is 3. The molecular weight excluding hydrogens is 378 g/mol. The number of amides is 2. The topological polar surface area (TPSA) is 90.1 Å². The summed E-state index contributed by atoms with van der Waals surface area (Å²) in [6.07, 6.45) is 3.43. The van der Waals surface area contributed by atoms with E-state index in [0.717, 1.165) is 28.3 Å². The van der Waals surface area contributed by atoms with Gasteiger partial charge in [-0.05, 0) is 45.0 Å². The molecule has 3 aromatic rings. The lowest BCUT2D eigenvalue weighted by atomic mass is 10.0. The molecule has 3 N–H and O–H groups in total. The van der Waals surface area contributed by atoms with Crippen LogP contribution in [0.2, 0.25) is 0 Å². The summed E-state index contributed by atoms with van der Waals surface area (Å²) in [5.74, 6) is -0.102. The molecule has 0 bridgehead atoms. The Hall–Kier alpha value is -3.61. The van der Waals surface area contributed by atoms with Gasteiger partial charge in [0, 0.05) is 34.9 Å². The first-order valence-corrected chi connectivity index (χ1v) is 9.89. The van der Waals surface area contributed by atoms with E-state index < -0.39 is 0 Å². The summed E-state index contributed by atoms with van der Waals surface area (Å²) in [6, 6.07) is 13.3. The Kier molecular flexibility index (Phi) is 5.03. The fraction of sp³-hybridized carbons (Fsp3) is 0.261. The average Bonchev–Trinajstić information content (AvgIpc) is 3.07. The number of ketones is 1. The lowest BCUT2D eigenvalue weighted by molar-refractivity contribution is 0.0914. The van der Waals surface area contributed by atoms with E-state index >= 15 is 0 Å². The molecule has 0 saturated carbocycles. The van der Waals surface area contributed by atoms with Crippen LogP contribution in [0, 0.1) is 0 Å². The van der Waals surface area contributed by atoms with Crippen LogP contribution in [0.15, 0.2) is 54.9 Å². The molecule has 0 spiro atoms. The summed E-state index contributed by atoms with van der Waals surface area (Å²) in [6.45, 7) is 6.12. The van der Waals surface area contributed by atoms with Crippen LogP contribution in [0.3, 0.4) is 0 Å². The number of anilines is 2. The molecule has 0 aliphatic carbocycles. The number of carbonyl (C=O) groups excluding carboxylic acids is 2. The van der Waals surface area contributed by atoms with Gasteiger partial charge in [0.2, 0.25) is 0 Å². The largest absolute Gasteiger partial charge is 0.355 e. The zero-order chi connectivity index (χ0) is 21.3. The van der Waals surface area contributed by atoms with Gasteiger partial charge in [-0.3, -0.25) is 9.78 Å². The van der Waals surface area contributed by atoms with E-state index in [0.29, 0.717) is 12.1 Å². The summed E-state index contributed by atoms with van der Waals surface area (Å²) in [7, 11) is 0. The quantitative estimate of drug-likeness (QED) is 0.607. The Bertz CT molecular complexity index is 1070. The average molecular weight is 403 g/mol. The second kappa shape index (κ2) is 7.67. The summed E-state index contributed by atoms with van der Waals surface area (Å²) in [5.41, 5.74) is 4.27. The molecule has 7 nitrogen and oxygen atoms in total. The van der Waals surface area contributed by atoms with Crippen LogP contribution >= 0.6 is 0 Å². The van der Waals surface area contributed by atoms with Crippen molar-refractivity contribution < 1.29 is 9.59 Å². The Balaban J connectivity index is 1.74. The van der Waals surface area contributed by atoms with Gasteiger partial charge >= 0.3 is 6.03 Å². The summed E-state index contributed by atoms with van der Waals surface area (Å²) < 4.78 is 0. The first-order valence-electron chi connectivity index (χ1n) is 9.89. The molecule has 2 amide bonds. The minimum atomic E-state index is -0.377. The number of para-hydroxylation sites is 1. The van der Waals surface area contributed by atoms with Crippen LogP contribution in [-0.2, 0) is 6.54 Å². The van der Waals surface area contributed by atoms with Crippen LogP contribution < -0.4 is 10.6 Å². The highest BCUT2D eigenvalue weighted by molar-refractivity contribution is 6.09. The Morgan fingerprint density at radius 1 is 1.07 bits per heavy atom. The van der Waals surface area contributed by atoms with Crippen molar-refractivity contribution in [3.05, 3.63) is 66.1 Å². The highest BCUT2D eigenvalue weighted by Gasteiger charge is 2.33. The number of pyridine rings is 1. The zero-order valence-corrected chi connectivity index (χ0v) is 17.3. The maximum Gasteiger partial charge on any atom is 0.318 e. The molecule has 0 fully saturated rings. The number of urea groups is 1. The van der Waals surface area contributed by atoms with Crippen molar-refractivity contribution in [1.29, 1.82) is 0 Å². The first-order chi connectivity index (χ1) is 14.3. The van der Waals surface area contributed by atoms with Gasteiger partial charge in [0.15, 0.2) is 5.78 Å². The van der Waals surface area contributed by atoms with E-state index in [-0.39, 0.29) is 23.9 Å². The second-order valence-electron chi connectivity index (χ2n) is 8.41. The number of benzene rings is 1. The molecule has 7 heteroatoms. The number of aromatic nitrogens is 2. The SMILES string of the molecule is CC(C)(C)NC(=O)N1CC(=O)c2c([nH]c(-c3ccncc3)c2Nc2ccccc2)C1. The molecular formula is C23H25N5O2. The molecule has 3 heterocycles. The minimum Gasteiger partial charge on any atom is -0.355 e. The smallest absolute Gasteiger partial charge is 0.318 e. The molecule has 4 rings (SSSR count). The molecule has 0 atom stereocenters. The van der Waals surface area contributed by atoms with Gasteiger partial charge in [0.1, 0.15) is 0 Å². The van der Waals surface area contributed by atoms with Gasteiger partial charge in [-0.15, -0.1) is 0 Å². The van der Waals surface area contributed by atoms with Gasteiger partial charge in [-0.1, -0.05) is 18.2 Å². The maximum atomic E-state index is 13.1. The number of fused-ring (bicyclic) bond motifs is 1. The van der Waals surface area contributed by atoms with Crippen molar-refractivity contribution in [2.75, 3.05) is 11.9 Å². The van der Waals surface area contributed by atoms with Gasteiger partial charge in [-0.2, -0.15) is 0 Å². The van der Waals surface area contributed by atoms with Crippen molar-refractivity contribution in [3.8, 4) is 11.3 Å². The zero-order valence-electron chi connectivity index (χ0n) is 17.3. The summed E-state index contributed by atoms with van der Waals surface area (Å²) >= 11 is 0.